The molecule has 0 amide bonds. The van der Waals surface area contributed by atoms with Crippen LogP contribution in [0.15, 0.2) is 11.4 Å². The molecule has 0 spiro atoms. The summed E-state index contributed by atoms with van der Waals surface area (Å²) in [7, 11) is 0. The maximum absolute atomic E-state index is 4.21. The van der Waals surface area contributed by atoms with E-state index in [2.05, 4.69) is 63.4 Å². The van der Waals surface area contributed by atoms with Crippen LogP contribution in [0.1, 0.15) is 18.9 Å². The van der Waals surface area contributed by atoms with Gasteiger partial charge in [-0.3, -0.25) is 0 Å². The standard InChI is InChI=1S/C10H12IN3S2/c1-6(2)12-4-9-13-14-10(16-9)7-3-8(11)15-5-7/h3,5-6,12H,4H2,1-2H3. The summed E-state index contributed by atoms with van der Waals surface area (Å²) in [5, 5.41) is 15.9. The van der Waals surface area contributed by atoms with Gasteiger partial charge in [-0.2, -0.15) is 0 Å². The maximum Gasteiger partial charge on any atom is 0.148 e. The van der Waals surface area contributed by atoms with E-state index >= 15 is 0 Å². The van der Waals surface area contributed by atoms with Gasteiger partial charge in [0.05, 0.1) is 2.88 Å². The predicted octanol–water partition coefficient (Wildman–Crippen LogP) is 3.37. The zero-order valence-corrected chi connectivity index (χ0v) is 12.8. The molecule has 3 nitrogen and oxygen atoms in total. The molecule has 0 radical (unpaired) electrons. The van der Waals surface area contributed by atoms with E-state index in [4.69, 9.17) is 0 Å². The van der Waals surface area contributed by atoms with Gasteiger partial charge in [0.2, 0.25) is 0 Å². The van der Waals surface area contributed by atoms with E-state index in [1.54, 1.807) is 22.7 Å². The molecule has 2 aromatic rings. The molecule has 0 aliphatic heterocycles. The highest BCUT2D eigenvalue weighted by Gasteiger charge is 2.08. The smallest absolute Gasteiger partial charge is 0.148 e. The molecule has 0 saturated carbocycles. The third kappa shape index (κ3) is 3.22. The van der Waals surface area contributed by atoms with Crippen molar-refractivity contribution in [2.24, 2.45) is 0 Å². The first-order valence-electron chi connectivity index (χ1n) is 4.95. The Morgan fingerprint density at radius 1 is 1.44 bits per heavy atom. The third-order valence-corrected chi connectivity index (χ3v) is 4.70. The minimum atomic E-state index is 0.481. The molecular formula is C10H12IN3S2. The molecule has 0 saturated heterocycles. The van der Waals surface area contributed by atoms with Gasteiger partial charge < -0.3 is 5.32 Å². The minimum absolute atomic E-state index is 0.481. The molecule has 0 aromatic carbocycles. The van der Waals surface area contributed by atoms with E-state index in [0.29, 0.717) is 6.04 Å². The second kappa shape index (κ2) is 5.52. The summed E-state index contributed by atoms with van der Waals surface area (Å²) >= 11 is 5.72. The summed E-state index contributed by atoms with van der Waals surface area (Å²) in [6.45, 7) is 5.06. The largest absolute Gasteiger partial charge is 0.308 e. The van der Waals surface area contributed by atoms with E-state index < -0.39 is 0 Å². The number of rotatable bonds is 4. The molecule has 0 fully saturated rings. The fraction of sp³-hybridized carbons (Fsp3) is 0.400. The van der Waals surface area contributed by atoms with Gasteiger partial charge in [-0.05, 0) is 28.7 Å². The molecule has 0 unspecified atom stereocenters. The van der Waals surface area contributed by atoms with Crippen LogP contribution in [0.4, 0.5) is 0 Å². The van der Waals surface area contributed by atoms with Gasteiger partial charge in [0.1, 0.15) is 10.0 Å². The molecule has 0 atom stereocenters. The summed E-state index contributed by atoms with van der Waals surface area (Å²) in [5.41, 5.74) is 1.18. The Bertz CT molecular complexity index is 464. The molecule has 86 valence electrons. The Hall–Kier alpha value is -0.0500. The lowest BCUT2D eigenvalue weighted by Crippen LogP contribution is -2.21. The number of thiophene rings is 1. The predicted molar refractivity (Wildman–Crippen MR) is 77.9 cm³/mol. The quantitative estimate of drug-likeness (QED) is 0.845. The van der Waals surface area contributed by atoms with Gasteiger partial charge in [-0.15, -0.1) is 21.5 Å². The topological polar surface area (TPSA) is 37.8 Å². The fourth-order valence-electron chi connectivity index (χ4n) is 1.16. The Morgan fingerprint density at radius 2 is 2.25 bits per heavy atom. The van der Waals surface area contributed by atoms with Crippen LogP contribution in [0.25, 0.3) is 10.6 Å². The summed E-state index contributed by atoms with van der Waals surface area (Å²) in [5.74, 6) is 0. The normalized spacial score (nSPS) is 11.2. The van der Waals surface area contributed by atoms with Crippen molar-refractivity contribution in [3.63, 3.8) is 0 Å². The molecule has 0 aliphatic rings. The van der Waals surface area contributed by atoms with Crippen LogP contribution in [-0.4, -0.2) is 16.2 Å². The summed E-state index contributed by atoms with van der Waals surface area (Å²) in [4.78, 5) is 0. The summed E-state index contributed by atoms with van der Waals surface area (Å²) in [6.07, 6.45) is 0. The molecule has 0 bridgehead atoms. The number of aromatic nitrogens is 2. The van der Waals surface area contributed by atoms with Crippen molar-refractivity contribution in [1.29, 1.82) is 0 Å². The molecule has 2 aromatic heterocycles. The fourth-order valence-corrected chi connectivity index (χ4v) is 3.34. The van der Waals surface area contributed by atoms with Crippen LogP contribution < -0.4 is 5.32 Å². The van der Waals surface area contributed by atoms with Crippen LogP contribution in [0, 0.1) is 2.88 Å². The van der Waals surface area contributed by atoms with Crippen LogP contribution in [0.5, 0.6) is 0 Å². The number of nitrogens with one attached hydrogen (secondary N) is 1. The van der Waals surface area contributed by atoms with Gasteiger partial charge in [-0.25, -0.2) is 0 Å². The maximum atomic E-state index is 4.21. The van der Waals surface area contributed by atoms with Crippen LogP contribution in [0.3, 0.4) is 0 Å². The molecule has 6 heteroatoms. The monoisotopic (exact) mass is 365 g/mol. The van der Waals surface area contributed by atoms with Gasteiger partial charge in [-0.1, -0.05) is 25.2 Å². The van der Waals surface area contributed by atoms with Gasteiger partial charge in [0, 0.05) is 23.5 Å². The zero-order valence-electron chi connectivity index (χ0n) is 9.03. The Morgan fingerprint density at radius 3 is 2.88 bits per heavy atom. The number of hydrogen-bond donors (Lipinski definition) is 1. The SMILES string of the molecule is CC(C)NCc1nnc(-c2csc(I)c2)s1. The van der Waals surface area contributed by atoms with Gasteiger partial charge in [0.15, 0.2) is 0 Å². The van der Waals surface area contributed by atoms with E-state index in [1.807, 2.05) is 0 Å². The summed E-state index contributed by atoms with van der Waals surface area (Å²) < 4.78 is 1.28. The average Bonchev–Trinajstić information content (AvgIpc) is 2.83. The van der Waals surface area contributed by atoms with Crippen molar-refractivity contribution >= 4 is 45.3 Å². The van der Waals surface area contributed by atoms with E-state index in [1.165, 1.54) is 8.45 Å². The summed E-state index contributed by atoms with van der Waals surface area (Å²) in [6, 6.07) is 2.63. The van der Waals surface area contributed by atoms with Crippen LogP contribution in [0.2, 0.25) is 0 Å². The second-order valence-corrected chi connectivity index (χ2v) is 7.54. The highest BCUT2D eigenvalue weighted by atomic mass is 127. The lowest BCUT2D eigenvalue weighted by molar-refractivity contribution is 0.585. The van der Waals surface area contributed by atoms with E-state index in [9.17, 15) is 0 Å². The van der Waals surface area contributed by atoms with E-state index in [-0.39, 0.29) is 0 Å². The number of nitrogens with zero attached hydrogens (tertiary/aromatic N) is 2. The van der Waals surface area contributed by atoms with Gasteiger partial charge in [0.25, 0.3) is 0 Å². The highest BCUT2D eigenvalue weighted by Crippen LogP contribution is 2.28. The molecule has 1 N–H and O–H groups in total. The molecule has 2 heterocycles. The first-order chi connectivity index (χ1) is 7.65. The number of hydrogen-bond acceptors (Lipinski definition) is 5. The average molecular weight is 365 g/mol. The van der Waals surface area contributed by atoms with Crippen molar-refractivity contribution in [2.75, 3.05) is 0 Å². The third-order valence-electron chi connectivity index (χ3n) is 1.94. The Balaban J connectivity index is 2.07. The number of halogens is 1. The first-order valence-corrected chi connectivity index (χ1v) is 7.73. The Kier molecular flexibility index (Phi) is 4.28. The van der Waals surface area contributed by atoms with Crippen molar-refractivity contribution < 1.29 is 0 Å². The lowest BCUT2D eigenvalue weighted by atomic mass is 10.4. The second-order valence-electron chi connectivity index (χ2n) is 3.68. The zero-order chi connectivity index (χ0) is 11.5. The van der Waals surface area contributed by atoms with Crippen LogP contribution >= 0.6 is 45.3 Å². The van der Waals surface area contributed by atoms with Crippen LogP contribution in [-0.2, 0) is 6.54 Å². The minimum Gasteiger partial charge on any atom is -0.308 e. The molecule has 2 rings (SSSR count). The first kappa shape index (κ1) is 12.4. The molecular weight excluding hydrogens is 353 g/mol. The lowest BCUT2D eigenvalue weighted by Gasteiger charge is -2.03. The van der Waals surface area contributed by atoms with Crippen molar-refractivity contribution in [3.8, 4) is 10.6 Å². The highest BCUT2D eigenvalue weighted by molar-refractivity contribution is 14.1. The van der Waals surface area contributed by atoms with Gasteiger partial charge >= 0.3 is 0 Å². The Labute approximate surface area is 116 Å². The molecule has 0 aliphatic carbocycles. The van der Waals surface area contributed by atoms with Crippen molar-refractivity contribution in [2.45, 2.75) is 26.4 Å². The van der Waals surface area contributed by atoms with E-state index in [0.717, 1.165) is 16.6 Å². The van der Waals surface area contributed by atoms with Crippen molar-refractivity contribution in [1.82, 2.24) is 15.5 Å². The van der Waals surface area contributed by atoms with Crippen molar-refractivity contribution in [3.05, 3.63) is 19.3 Å². The molecule has 16 heavy (non-hydrogen) atoms.